The van der Waals surface area contributed by atoms with Gasteiger partial charge in [0.1, 0.15) is 10.8 Å². The fourth-order valence-electron chi connectivity index (χ4n) is 4.99. The standard InChI is InChI=1S/C20H22FN5O2S/c21-14-6-12-16(27)7-13-19(28)24-29-20(13)26(11-3-4-11)17(12)23-18(14)25-8-10-2-1-5-22-15(10)9-25/h6,10-11,15,22H,1-5,7-9H2,(H,24,28). The summed E-state index contributed by atoms with van der Waals surface area (Å²) in [5, 5.41) is 4.29. The Morgan fingerprint density at radius 1 is 1.17 bits per heavy atom. The quantitative estimate of drug-likeness (QED) is 0.783. The second-order valence-electron chi connectivity index (χ2n) is 8.55. The largest absolute Gasteiger partial charge is 0.352 e. The number of hydrogen-bond acceptors (Lipinski definition) is 7. The maximum atomic E-state index is 15.1. The summed E-state index contributed by atoms with van der Waals surface area (Å²) < 4.78 is 17.9. The van der Waals surface area contributed by atoms with Crippen molar-refractivity contribution in [2.75, 3.05) is 29.4 Å². The van der Waals surface area contributed by atoms with Gasteiger partial charge in [0, 0.05) is 31.6 Å². The molecule has 0 spiro atoms. The molecular formula is C20H22FN5O2S. The summed E-state index contributed by atoms with van der Waals surface area (Å²) in [6.07, 6.45) is 4.24. The first-order valence-electron chi connectivity index (χ1n) is 10.3. The van der Waals surface area contributed by atoms with Gasteiger partial charge in [0.15, 0.2) is 17.4 Å². The van der Waals surface area contributed by atoms with Gasteiger partial charge in [-0.15, -0.1) is 0 Å². The summed E-state index contributed by atoms with van der Waals surface area (Å²) in [6.45, 7) is 2.52. The van der Waals surface area contributed by atoms with Crippen LogP contribution < -0.4 is 20.7 Å². The molecule has 7 nitrogen and oxygen atoms in total. The highest BCUT2D eigenvalue weighted by molar-refractivity contribution is 7.10. The number of carbonyl (C=O) groups is 1. The topological polar surface area (TPSA) is 81.3 Å². The number of nitrogens with one attached hydrogen (secondary N) is 2. The van der Waals surface area contributed by atoms with Gasteiger partial charge in [0.25, 0.3) is 5.56 Å². The van der Waals surface area contributed by atoms with E-state index in [1.54, 1.807) is 0 Å². The van der Waals surface area contributed by atoms with E-state index in [2.05, 4.69) is 9.69 Å². The van der Waals surface area contributed by atoms with Crippen LogP contribution in [-0.4, -0.2) is 46.9 Å². The summed E-state index contributed by atoms with van der Waals surface area (Å²) in [4.78, 5) is 33.9. The summed E-state index contributed by atoms with van der Waals surface area (Å²) in [6, 6.07) is 1.92. The molecule has 0 bridgehead atoms. The van der Waals surface area contributed by atoms with Gasteiger partial charge >= 0.3 is 0 Å². The number of hydrogen-bond donors (Lipinski definition) is 2. The fourth-order valence-corrected chi connectivity index (χ4v) is 5.92. The van der Waals surface area contributed by atoms with Gasteiger partial charge in [-0.2, -0.15) is 0 Å². The second-order valence-corrected chi connectivity index (χ2v) is 9.35. The Kier molecular flexibility index (Phi) is 3.86. The molecule has 4 aliphatic rings. The van der Waals surface area contributed by atoms with Crippen molar-refractivity contribution < 1.29 is 9.18 Å². The number of anilines is 3. The van der Waals surface area contributed by atoms with E-state index in [4.69, 9.17) is 4.98 Å². The van der Waals surface area contributed by atoms with Crippen molar-refractivity contribution in [3.8, 4) is 0 Å². The number of Topliss-reactive ketones (excluding diaryl/α,β-unsaturated/α-hetero) is 1. The number of piperidine rings is 1. The molecular weight excluding hydrogens is 393 g/mol. The normalized spacial score (nSPS) is 26.2. The van der Waals surface area contributed by atoms with E-state index >= 15 is 4.39 Å². The van der Waals surface area contributed by atoms with Crippen LogP contribution in [0.4, 0.5) is 21.0 Å². The zero-order chi connectivity index (χ0) is 19.7. The van der Waals surface area contributed by atoms with E-state index in [9.17, 15) is 9.59 Å². The first-order chi connectivity index (χ1) is 14.1. The Morgan fingerprint density at radius 3 is 2.83 bits per heavy atom. The maximum absolute atomic E-state index is 15.1. The minimum absolute atomic E-state index is 0.0113. The van der Waals surface area contributed by atoms with E-state index < -0.39 is 5.82 Å². The van der Waals surface area contributed by atoms with Gasteiger partial charge < -0.3 is 15.1 Å². The summed E-state index contributed by atoms with van der Waals surface area (Å²) in [5.74, 6) is 0.635. The molecule has 1 aliphatic carbocycles. The van der Waals surface area contributed by atoms with Crippen LogP contribution in [0, 0.1) is 11.7 Å². The van der Waals surface area contributed by atoms with E-state index in [-0.39, 0.29) is 29.4 Å². The Morgan fingerprint density at radius 2 is 2.03 bits per heavy atom. The van der Waals surface area contributed by atoms with Gasteiger partial charge in [-0.25, -0.2) is 9.37 Å². The molecule has 0 amide bonds. The number of fused-ring (bicyclic) bond motifs is 3. The van der Waals surface area contributed by atoms with Gasteiger partial charge in [-0.05, 0) is 55.7 Å². The van der Waals surface area contributed by atoms with Crippen LogP contribution in [0.5, 0.6) is 0 Å². The molecule has 6 rings (SSSR count). The molecule has 2 N–H and O–H groups in total. The van der Waals surface area contributed by atoms with E-state index in [0.717, 1.165) is 50.3 Å². The monoisotopic (exact) mass is 415 g/mol. The first-order valence-corrected chi connectivity index (χ1v) is 11.1. The maximum Gasteiger partial charge on any atom is 0.263 e. The summed E-state index contributed by atoms with van der Waals surface area (Å²) in [5.41, 5.74) is 0.533. The smallest absolute Gasteiger partial charge is 0.263 e. The number of rotatable bonds is 2. The van der Waals surface area contributed by atoms with Gasteiger partial charge in [-0.3, -0.25) is 14.0 Å². The molecule has 2 aromatic heterocycles. The highest BCUT2D eigenvalue weighted by Gasteiger charge is 2.41. The molecule has 2 atom stereocenters. The van der Waals surface area contributed by atoms with Crippen molar-refractivity contribution in [1.29, 1.82) is 0 Å². The van der Waals surface area contributed by atoms with Crippen LogP contribution in [0.3, 0.4) is 0 Å². The van der Waals surface area contributed by atoms with Crippen molar-refractivity contribution in [3.05, 3.63) is 33.4 Å². The van der Waals surface area contributed by atoms with E-state index in [1.807, 2.05) is 9.80 Å². The third-order valence-electron chi connectivity index (χ3n) is 6.61. The second kappa shape index (κ2) is 6.37. The van der Waals surface area contributed by atoms with Crippen molar-refractivity contribution >= 4 is 34.0 Å². The number of aromatic nitrogens is 2. The van der Waals surface area contributed by atoms with Crippen molar-refractivity contribution in [2.24, 2.45) is 5.92 Å². The lowest BCUT2D eigenvalue weighted by Gasteiger charge is -2.25. The third kappa shape index (κ3) is 2.74. The predicted octanol–water partition coefficient (Wildman–Crippen LogP) is 2.20. The van der Waals surface area contributed by atoms with Crippen LogP contribution in [0.2, 0.25) is 0 Å². The first kappa shape index (κ1) is 17.6. The Bertz CT molecular complexity index is 1050. The van der Waals surface area contributed by atoms with Crippen LogP contribution in [0.25, 0.3) is 0 Å². The van der Waals surface area contributed by atoms with Gasteiger partial charge in [0.2, 0.25) is 0 Å². The van der Waals surface area contributed by atoms with Crippen molar-refractivity contribution in [1.82, 2.24) is 14.7 Å². The third-order valence-corrected chi connectivity index (χ3v) is 7.53. The van der Waals surface area contributed by atoms with Crippen LogP contribution in [0.15, 0.2) is 10.9 Å². The van der Waals surface area contributed by atoms with E-state index in [0.29, 0.717) is 29.2 Å². The molecule has 2 saturated heterocycles. The average molecular weight is 415 g/mol. The Hall–Kier alpha value is -2.26. The molecule has 9 heteroatoms. The van der Waals surface area contributed by atoms with Crippen molar-refractivity contribution in [3.63, 3.8) is 0 Å². The number of nitrogens with zero attached hydrogens (tertiary/aromatic N) is 3. The fraction of sp³-hybridized carbons (Fsp3) is 0.550. The molecule has 0 aromatic carbocycles. The highest BCUT2D eigenvalue weighted by atomic mass is 32.1. The zero-order valence-corrected chi connectivity index (χ0v) is 16.7. The van der Waals surface area contributed by atoms with Crippen LogP contribution in [0.1, 0.15) is 41.6 Å². The van der Waals surface area contributed by atoms with Crippen molar-refractivity contribution in [2.45, 2.75) is 44.2 Å². The molecule has 1 saturated carbocycles. The minimum Gasteiger partial charge on any atom is -0.352 e. The van der Waals surface area contributed by atoms with Gasteiger partial charge in [0.05, 0.1) is 11.1 Å². The number of ketones is 1. The van der Waals surface area contributed by atoms with E-state index in [1.165, 1.54) is 17.6 Å². The van der Waals surface area contributed by atoms with Gasteiger partial charge in [-0.1, -0.05) is 0 Å². The number of aromatic amines is 1. The molecule has 2 unspecified atom stereocenters. The average Bonchev–Trinajstić information content (AvgIpc) is 3.38. The summed E-state index contributed by atoms with van der Waals surface area (Å²) >= 11 is 1.24. The molecule has 2 aromatic rings. The van der Waals surface area contributed by atoms with Crippen LogP contribution in [-0.2, 0) is 6.42 Å². The SMILES string of the molecule is O=C1Cc2c(s[nH]c2=O)N(C2CC2)c2nc(N3CC4CCCNC4C3)c(F)cc21. The summed E-state index contributed by atoms with van der Waals surface area (Å²) in [7, 11) is 0. The molecule has 5 heterocycles. The molecule has 0 radical (unpaired) electrons. The number of carbonyl (C=O) groups excluding carboxylic acids is 1. The number of H-pyrrole nitrogens is 1. The predicted molar refractivity (Wildman–Crippen MR) is 109 cm³/mol. The lowest BCUT2D eigenvalue weighted by molar-refractivity contribution is 0.0993. The minimum atomic E-state index is -0.453. The Labute approximate surface area is 171 Å². The Balaban J connectivity index is 1.46. The number of halogens is 1. The zero-order valence-electron chi connectivity index (χ0n) is 15.9. The number of pyridine rings is 1. The molecule has 152 valence electrons. The lowest BCUT2D eigenvalue weighted by atomic mass is 9.94. The van der Waals surface area contributed by atoms with Crippen LogP contribution >= 0.6 is 11.5 Å². The molecule has 3 fully saturated rings. The molecule has 29 heavy (non-hydrogen) atoms. The highest BCUT2D eigenvalue weighted by Crippen LogP contribution is 2.45. The molecule has 3 aliphatic heterocycles. The lowest BCUT2D eigenvalue weighted by Crippen LogP contribution is -2.40.